The number of ketones is 1. The van der Waals surface area contributed by atoms with Crippen LogP contribution in [0.5, 0.6) is 0 Å². The highest BCUT2D eigenvalue weighted by atomic mass is 16.5. The molecule has 1 saturated heterocycles. The van der Waals surface area contributed by atoms with Gasteiger partial charge in [-0.05, 0) is 74.5 Å². The Labute approximate surface area is 203 Å². The van der Waals surface area contributed by atoms with Crippen LogP contribution < -0.4 is 0 Å². The summed E-state index contributed by atoms with van der Waals surface area (Å²) in [4.78, 5) is 28.0. The van der Waals surface area contributed by atoms with Crippen molar-refractivity contribution in [2.45, 2.75) is 71.5 Å². The zero-order valence-corrected chi connectivity index (χ0v) is 20.7. The number of carboxylic acid groups (broad SMARTS) is 1. The zero-order chi connectivity index (χ0) is 24.2. The molecule has 4 rings (SSSR count). The maximum atomic E-state index is 13.4. The number of hydrogen-bond acceptors (Lipinski definition) is 3. The Hall–Kier alpha value is -2.40. The third-order valence-corrected chi connectivity index (χ3v) is 8.36. The van der Waals surface area contributed by atoms with Gasteiger partial charge in [0.1, 0.15) is 0 Å². The van der Waals surface area contributed by atoms with E-state index in [4.69, 9.17) is 4.74 Å². The monoisotopic (exact) mass is 465 g/mol. The van der Waals surface area contributed by atoms with Gasteiger partial charge in [-0.2, -0.15) is 0 Å². The summed E-state index contributed by atoms with van der Waals surface area (Å²) in [6, 6.07) is 3.78. The van der Waals surface area contributed by atoms with Crippen LogP contribution in [0.4, 0.5) is 0 Å². The second-order valence-electron chi connectivity index (χ2n) is 10.5. The number of carboxylic acids is 1. The highest BCUT2D eigenvalue weighted by Crippen LogP contribution is 2.46. The fourth-order valence-electron chi connectivity index (χ4n) is 6.26. The third-order valence-electron chi connectivity index (χ3n) is 8.36. The van der Waals surface area contributed by atoms with Crippen molar-refractivity contribution < 1.29 is 19.4 Å². The fourth-order valence-corrected chi connectivity index (χ4v) is 6.26. The number of aliphatic carboxylic acids is 1. The van der Waals surface area contributed by atoms with Crippen LogP contribution in [0.15, 0.2) is 54.3 Å². The van der Waals surface area contributed by atoms with E-state index in [1.807, 2.05) is 18.3 Å². The van der Waals surface area contributed by atoms with Crippen molar-refractivity contribution in [1.29, 1.82) is 0 Å². The highest BCUT2D eigenvalue weighted by molar-refractivity contribution is 5.97. The molecular formula is C29H39NO4. The third kappa shape index (κ3) is 5.14. The van der Waals surface area contributed by atoms with Gasteiger partial charge in [-0.3, -0.25) is 9.59 Å². The van der Waals surface area contributed by atoms with E-state index in [-0.39, 0.29) is 29.8 Å². The van der Waals surface area contributed by atoms with Gasteiger partial charge in [0.15, 0.2) is 5.78 Å². The molecule has 1 aliphatic heterocycles. The molecule has 1 aromatic heterocycles. The first-order valence-corrected chi connectivity index (χ1v) is 13.0. The number of carbonyl (C=O) groups is 2. The Morgan fingerprint density at radius 1 is 1.24 bits per heavy atom. The van der Waals surface area contributed by atoms with Crippen molar-refractivity contribution in [1.82, 2.24) is 4.98 Å². The van der Waals surface area contributed by atoms with E-state index in [1.54, 1.807) is 6.92 Å². The number of hydrogen-bond donors (Lipinski definition) is 2. The summed E-state index contributed by atoms with van der Waals surface area (Å²) in [6.45, 7) is 6.05. The first-order valence-electron chi connectivity index (χ1n) is 13.0. The molecular weight excluding hydrogens is 426 g/mol. The molecule has 2 heterocycles. The van der Waals surface area contributed by atoms with Crippen LogP contribution in [0.2, 0.25) is 0 Å². The molecule has 3 aliphatic rings. The molecule has 184 valence electrons. The standard InChI is InChI=1S/C29H39NO4/c1-4-20(28-18(2)13-16-25(34-28)19(3)29(32)33)8-5-10-22-15-14-21-9-6-11-23(21)26(22)27(31)24-12-7-17-30-24/h5,7-8,10,12,14-15,17-19,21-23,25-26,28,30H,4,6,9,11,13,16H2,1-3H3,(H,32,33)/b10-5+,20-8+/t18-,19+,21-,22?,23+,25+,26+,28+/m0/s1. The van der Waals surface area contributed by atoms with Crippen LogP contribution in [0, 0.1) is 35.5 Å². The van der Waals surface area contributed by atoms with Crippen molar-refractivity contribution in [3.8, 4) is 0 Å². The second kappa shape index (κ2) is 10.9. The molecule has 34 heavy (non-hydrogen) atoms. The van der Waals surface area contributed by atoms with Gasteiger partial charge in [0.05, 0.1) is 23.8 Å². The molecule has 8 atom stereocenters. The van der Waals surface area contributed by atoms with Crippen LogP contribution in [0.25, 0.3) is 0 Å². The minimum absolute atomic E-state index is 0.0310. The Balaban J connectivity index is 1.53. The van der Waals surface area contributed by atoms with Gasteiger partial charge < -0.3 is 14.8 Å². The summed E-state index contributed by atoms with van der Waals surface area (Å²) < 4.78 is 6.33. The summed E-state index contributed by atoms with van der Waals surface area (Å²) in [7, 11) is 0. The average Bonchev–Trinajstić information content (AvgIpc) is 3.53. The number of allylic oxidation sites excluding steroid dienone is 5. The molecule has 0 amide bonds. The number of aromatic nitrogens is 1. The number of ether oxygens (including phenoxy) is 1. The van der Waals surface area contributed by atoms with E-state index in [2.05, 4.69) is 49.2 Å². The van der Waals surface area contributed by atoms with E-state index in [9.17, 15) is 14.7 Å². The van der Waals surface area contributed by atoms with E-state index < -0.39 is 11.9 Å². The fraction of sp³-hybridized carbons (Fsp3) is 0.586. The minimum atomic E-state index is -0.799. The van der Waals surface area contributed by atoms with E-state index in [0.29, 0.717) is 23.4 Å². The summed E-state index contributed by atoms with van der Waals surface area (Å²) in [6.07, 6.45) is 18.6. The van der Waals surface area contributed by atoms with Crippen LogP contribution in [-0.2, 0) is 9.53 Å². The van der Waals surface area contributed by atoms with Crippen molar-refractivity contribution >= 4 is 11.8 Å². The molecule has 0 spiro atoms. The molecule has 0 aromatic carbocycles. The lowest BCUT2D eigenvalue weighted by Crippen LogP contribution is -2.40. The molecule has 2 fully saturated rings. The van der Waals surface area contributed by atoms with E-state index >= 15 is 0 Å². The predicted molar refractivity (Wildman–Crippen MR) is 133 cm³/mol. The molecule has 2 aliphatic carbocycles. The predicted octanol–water partition coefficient (Wildman–Crippen LogP) is 6.21. The first-order chi connectivity index (χ1) is 16.4. The smallest absolute Gasteiger partial charge is 0.308 e. The number of rotatable bonds is 8. The molecule has 1 unspecified atom stereocenters. The first kappa shape index (κ1) is 24.7. The lowest BCUT2D eigenvalue weighted by atomic mass is 9.69. The summed E-state index contributed by atoms with van der Waals surface area (Å²) in [5.74, 6) is 0.237. The number of nitrogens with one attached hydrogen (secondary N) is 1. The largest absolute Gasteiger partial charge is 0.481 e. The Bertz CT molecular complexity index is 943. The van der Waals surface area contributed by atoms with Gasteiger partial charge >= 0.3 is 5.97 Å². The van der Waals surface area contributed by atoms with E-state index in [0.717, 1.165) is 25.7 Å². The molecule has 2 N–H and O–H groups in total. The Morgan fingerprint density at radius 3 is 2.76 bits per heavy atom. The van der Waals surface area contributed by atoms with Gasteiger partial charge in [0, 0.05) is 18.0 Å². The molecule has 5 nitrogen and oxygen atoms in total. The van der Waals surface area contributed by atoms with Gasteiger partial charge in [-0.25, -0.2) is 0 Å². The maximum Gasteiger partial charge on any atom is 0.308 e. The van der Waals surface area contributed by atoms with Crippen LogP contribution >= 0.6 is 0 Å². The van der Waals surface area contributed by atoms with Gasteiger partial charge in [-0.15, -0.1) is 0 Å². The maximum absolute atomic E-state index is 13.4. The van der Waals surface area contributed by atoms with Gasteiger partial charge in [0.25, 0.3) is 0 Å². The summed E-state index contributed by atoms with van der Waals surface area (Å²) >= 11 is 0. The zero-order valence-electron chi connectivity index (χ0n) is 20.7. The number of fused-ring (bicyclic) bond motifs is 1. The normalized spacial score (nSPS) is 34.8. The molecule has 1 aromatic rings. The molecule has 0 bridgehead atoms. The number of carbonyl (C=O) groups excluding carboxylic acids is 1. The quantitative estimate of drug-likeness (QED) is 0.272. The minimum Gasteiger partial charge on any atom is -0.481 e. The van der Waals surface area contributed by atoms with Crippen molar-refractivity contribution in [2.24, 2.45) is 35.5 Å². The lowest BCUT2D eigenvalue weighted by molar-refractivity contribution is -0.152. The van der Waals surface area contributed by atoms with E-state index in [1.165, 1.54) is 18.4 Å². The van der Waals surface area contributed by atoms with Crippen molar-refractivity contribution in [3.05, 3.63) is 60.0 Å². The van der Waals surface area contributed by atoms with Crippen molar-refractivity contribution in [3.63, 3.8) is 0 Å². The molecule has 0 radical (unpaired) electrons. The Kier molecular flexibility index (Phi) is 7.92. The van der Waals surface area contributed by atoms with Crippen LogP contribution in [-0.4, -0.2) is 34.1 Å². The van der Waals surface area contributed by atoms with Crippen molar-refractivity contribution in [2.75, 3.05) is 0 Å². The van der Waals surface area contributed by atoms with Crippen LogP contribution in [0.3, 0.4) is 0 Å². The topological polar surface area (TPSA) is 79.4 Å². The van der Waals surface area contributed by atoms with Crippen LogP contribution in [0.1, 0.15) is 69.8 Å². The summed E-state index contributed by atoms with van der Waals surface area (Å²) in [5, 5.41) is 9.43. The molecule has 5 heteroatoms. The van der Waals surface area contributed by atoms with Gasteiger partial charge in [-0.1, -0.05) is 50.6 Å². The SMILES string of the molecule is CC/C(=C\C=C\C1C=C[C@@H]2CCC[C@H]2[C@@H]1C(=O)c1ccc[nH]1)[C@@H]1O[C@@H]([C@@H](C)C(=O)O)CC[C@@H]1C. The number of H-pyrrole nitrogens is 1. The summed E-state index contributed by atoms with van der Waals surface area (Å²) in [5.41, 5.74) is 1.90. The second-order valence-corrected chi connectivity index (χ2v) is 10.5. The highest BCUT2D eigenvalue weighted by Gasteiger charge is 2.42. The van der Waals surface area contributed by atoms with Gasteiger partial charge in [0.2, 0.25) is 0 Å². The number of Topliss-reactive ketones (excluding diaryl/α,β-unsaturated/α-hetero) is 1. The lowest BCUT2D eigenvalue weighted by Gasteiger charge is -2.37. The molecule has 1 saturated carbocycles. The number of aromatic amines is 1. The average molecular weight is 466 g/mol. The Morgan fingerprint density at radius 2 is 2.06 bits per heavy atom.